The number of fused-ring (bicyclic) bond motifs is 1. The third-order valence-corrected chi connectivity index (χ3v) is 9.56. The number of rotatable bonds is 19. The first-order chi connectivity index (χ1) is 32.0. The van der Waals surface area contributed by atoms with E-state index in [9.17, 15) is 50.3 Å². The predicted molar refractivity (Wildman–Crippen MR) is 233 cm³/mol. The lowest BCUT2D eigenvalue weighted by atomic mass is 10.1. The fourth-order valence-corrected chi connectivity index (χ4v) is 5.89. The molecule has 0 bridgehead atoms. The van der Waals surface area contributed by atoms with Crippen molar-refractivity contribution in [1.82, 2.24) is 15.5 Å². The van der Waals surface area contributed by atoms with Crippen LogP contribution in [-0.2, 0) is 25.7 Å². The van der Waals surface area contributed by atoms with E-state index in [0.29, 0.717) is 72.8 Å². The Hall–Kier alpha value is -7.44. The highest BCUT2D eigenvalue weighted by Crippen LogP contribution is 2.33. The van der Waals surface area contributed by atoms with Crippen LogP contribution in [0.2, 0.25) is 0 Å². The van der Waals surface area contributed by atoms with Crippen LogP contribution >= 0.6 is 0 Å². The number of nitrogens with one attached hydrogen (secondary N) is 4. The molecule has 0 unspecified atom stereocenters. The summed E-state index contributed by atoms with van der Waals surface area (Å²) in [7, 11) is 0. The van der Waals surface area contributed by atoms with Crippen molar-refractivity contribution >= 4 is 58.8 Å². The van der Waals surface area contributed by atoms with Crippen LogP contribution < -0.4 is 43.2 Å². The number of carbonyl (C=O) groups is 7. The van der Waals surface area contributed by atoms with Crippen molar-refractivity contribution in [2.45, 2.75) is 82.3 Å². The lowest BCUT2D eigenvalue weighted by molar-refractivity contribution is -0.193. The monoisotopic (exact) mass is 967 g/mol. The minimum Gasteiger partial charge on any atom is -0.482 e. The van der Waals surface area contributed by atoms with E-state index in [1.165, 1.54) is 0 Å². The molecule has 1 aliphatic carbocycles. The number of carboxylic acid groups (broad SMARTS) is 2. The Morgan fingerprint density at radius 1 is 0.765 bits per heavy atom. The zero-order valence-corrected chi connectivity index (χ0v) is 36.3. The number of carboxylic acids is 2. The van der Waals surface area contributed by atoms with E-state index in [0.717, 1.165) is 44.1 Å². The number of carbonyl (C=O) groups excluding carboxylic acids is 5. The second-order valence-electron chi connectivity index (χ2n) is 15.1. The number of nitrogens with two attached hydrogens (primary N) is 3. The second-order valence-corrected chi connectivity index (χ2v) is 15.1. The number of anilines is 2. The molecule has 1 fully saturated rings. The van der Waals surface area contributed by atoms with E-state index in [1.54, 1.807) is 54.6 Å². The molecule has 370 valence electrons. The Labute approximate surface area is 384 Å². The molecule has 0 radical (unpaired) electrons. The molecular weight excluding hydrogens is 917 g/mol. The average molecular weight is 968 g/mol. The van der Waals surface area contributed by atoms with Crippen LogP contribution in [0.4, 0.5) is 37.7 Å². The molecule has 5 amide bonds. The molecule has 1 heterocycles. The maximum absolute atomic E-state index is 13.5. The standard InChI is InChI=1S/C39H49N9O6.2C2HF3O2/c40-31(6-5-21-45-39(41)42)37(52)44-20-4-2-1-3-19-43-35(50)26-11-14-29(15-12-26)46-36(51)27-9-7-25(8-10-27)23-48(30-16-17-30)38(53)28-13-18-32-33(22-28)54-24-34(49)47-32;2*3-2(4,5)1(6)7/h7-15,18,22,30-31H,1-6,16-17,19-21,23-24,40H2,(H,43,50)(H,44,52)(H,46,51)(H,47,49)(H4,41,42,45);2*(H,6,7)/t31-;;/m0../s1. The number of aliphatic carboxylic acids is 2. The first-order valence-electron chi connectivity index (χ1n) is 20.8. The zero-order valence-electron chi connectivity index (χ0n) is 36.3. The number of hydrogen-bond acceptors (Lipinski definition) is 10. The number of halogens is 6. The highest BCUT2D eigenvalue weighted by Gasteiger charge is 2.39. The van der Waals surface area contributed by atoms with Crippen LogP contribution in [0.1, 0.15) is 88.0 Å². The number of guanidine groups is 1. The van der Waals surface area contributed by atoms with Gasteiger partial charge in [0, 0.05) is 54.6 Å². The number of ether oxygens (including phenoxy) is 1. The van der Waals surface area contributed by atoms with E-state index in [1.807, 2.05) is 17.0 Å². The third-order valence-electron chi connectivity index (χ3n) is 9.56. The quantitative estimate of drug-likeness (QED) is 0.0354. The summed E-state index contributed by atoms with van der Waals surface area (Å²) in [6.45, 7) is 1.81. The van der Waals surface area contributed by atoms with Gasteiger partial charge in [0.2, 0.25) is 5.91 Å². The number of alkyl halides is 6. The molecule has 12 N–H and O–H groups in total. The summed E-state index contributed by atoms with van der Waals surface area (Å²) in [5.74, 6) is -6.05. The molecule has 68 heavy (non-hydrogen) atoms. The maximum atomic E-state index is 13.5. The minimum atomic E-state index is -5.08. The van der Waals surface area contributed by atoms with Crippen molar-refractivity contribution in [1.29, 1.82) is 0 Å². The fourth-order valence-electron chi connectivity index (χ4n) is 5.89. The van der Waals surface area contributed by atoms with Crippen molar-refractivity contribution in [3.8, 4) is 5.75 Å². The van der Waals surface area contributed by atoms with Gasteiger partial charge in [0.1, 0.15) is 5.75 Å². The van der Waals surface area contributed by atoms with Gasteiger partial charge in [0.05, 0.1) is 11.7 Å². The molecule has 5 rings (SSSR count). The van der Waals surface area contributed by atoms with E-state index < -0.39 is 30.3 Å². The number of aliphatic imine (C=N–C) groups is 1. The Morgan fingerprint density at radius 3 is 1.84 bits per heavy atom. The number of nitrogens with zero attached hydrogens (tertiary/aromatic N) is 2. The van der Waals surface area contributed by atoms with E-state index in [2.05, 4.69) is 26.3 Å². The molecule has 19 nitrogen and oxygen atoms in total. The summed E-state index contributed by atoms with van der Waals surface area (Å²) in [6, 6.07) is 18.4. The van der Waals surface area contributed by atoms with Crippen LogP contribution in [0.3, 0.4) is 0 Å². The maximum Gasteiger partial charge on any atom is 0.490 e. The van der Waals surface area contributed by atoms with E-state index in [4.69, 9.17) is 41.7 Å². The third kappa shape index (κ3) is 19.6. The Morgan fingerprint density at radius 2 is 1.29 bits per heavy atom. The van der Waals surface area contributed by atoms with Gasteiger partial charge >= 0.3 is 24.3 Å². The second kappa shape index (κ2) is 26.0. The van der Waals surface area contributed by atoms with Gasteiger partial charge in [-0.2, -0.15) is 26.3 Å². The largest absolute Gasteiger partial charge is 0.490 e. The summed E-state index contributed by atoms with van der Waals surface area (Å²) in [5, 5.41) is 25.6. The first kappa shape index (κ1) is 54.9. The molecule has 0 spiro atoms. The summed E-state index contributed by atoms with van der Waals surface area (Å²) in [6.07, 6.45) is -3.76. The van der Waals surface area contributed by atoms with Gasteiger partial charge in [0.15, 0.2) is 12.6 Å². The SMILES string of the molecule is NC(N)=NCCC[C@H](N)C(=O)NCCCCCCNC(=O)c1ccc(NC(=O)c2ccc(CN(C(=O)c3ccc4c(c3)OCC(=O)N4)C3CC3)cc2)cc1.O=C(O)C(F)(F)F.O=C(O)C(F)(F)F. The van der Waals surface area contributed by atoms with E-state index in [-0.39, 0.29) is 48.1 Å². The van der Waals surface area contributed by atoms with Gasteiger partial charge in [-0.05, 0) is 98.7 Å². The molecular formula is C43H51F6N9O10. The number of hydrogen-bond donors (Lipinski definition) is 9. The van der Waals surface area contributed by atoms with Gasteiger partial charge < -0.3 is 58.3 Å². The summed E-state index contributed by atoms with van der Waals surface area (Å²) in [5.41, 5.74) is 19.9. The van der Waals surface area contributed by atoms with Gasteiger partial charge in [-0.3, -0.25) is 29.0 Å². The molecule has 3 aromatic carbocycles. The van der Waals surface area contributed by atoms with Crippen LogP contribution in [0.15, 0.2) is 71.7 Å². The summed E-state index contributed by atoms with van der Waals surface area (Å²) < 4.78 is 69.0. The Kier molecular flexibility index (Phi) is 21.0. The molecule has 1 saturated carbocycles. The predicted octanol–water partition coefficient (Wildman–Crippen LogP) is 4.13. The average Bonchev–Trinajstić information content (AvgIpc) is 4.13. The molecule has 25 heteroatoms. The summed E-state index contributed by atoms with van der Waals surface area (Å²) in [4.78, 5) is 86.3. The lowest BCUT2D eigenvalue weighted by Gasteiger charge is -2.24. The Balaban J connectivity index is 0.000000759. The van der Waals surface area contributed by atoms with Crippen LogP contribution in [0.25, 0.3) is 0 Å². The van der Waals surface area contributed by atoms with Crippen molar-refractivity contribution in [3.05, 3.63) is 89.0 Å². The molecule has 1 atom stereocenters. The number of benzene rings is 3. The van der Waals surface area contributed by atoms with Crippen molar-refractivity contribution < 1.29 is 74.9 Å². The minimum absolute atomic E-state index is 0.0226. The molecule has 2 aliphatic rings. The Bertz CT molecular complexity index is 2230. The molecule has 0 saturated heterocycles. The molecule has 3 aromatic rings. The summed E-state index contributed by atoms with van der Waals surface area (Å²) >= 11 is 0. The van der Waals surface area contributed by atoms with Crippen molar-refractivity contribution in [2.75, 3.05) is 36.9 Å². The highest BCUT2D eigenvalue weighted by atomic mass is 19.4. The van der Waals surface area contributed by atoms with Crippen molar-refractivity contribution in [3.63, 3.8) is 0 Å². The normalized spacial score (nSPS) is 13.2. The van der Waals surface area contributed by atoms with Crippen LogP contribution in [0.5, 0.6) is 5.75 Å². The van der Waals surface area contributed by atoms with E-state index >= 15 is 0 Å². The zero-order chi connectivity index (χ0) is 50.6. The number of amides is 5. The highest BCUT2D eigenvalue weighted by molar-refractivity contribution is 6.04. The van der Waals surface area contributed by atoms with Crippen molar-refractivity contribution in [2.24, 2.45) is 22.2 Å². The van der Waals surface area contributed by atoms with Gasteiger partial charge in [-0.25, -0.2) is 9.59 Å². The van der Waals surface area contributed by atoms with Gasteiger partial charge in [-0.1, -0.05) is 25.0 Å². The molecule has 0 aromatic heterocycles. The topological polar surface area (TPSA) is 311 Å². The fraction of sp³-hybridized carbons (Fsp3) is 0.395. The van der Waals surface area contributed by atoms with Gasteiger partial charge in [-0.15, -0.1) is 0 Å². The lowest BCUT2D eigenvalue weighted by Crippen LogP contribution is -2.41. The number of unbranched alkanes of at least 4 members (excludes halogenated alkanes) is 3. The first-order valence-corrected chi connectivity index (χ1v) is 20.8. The van der Waals surface area contributed by atoms with Crippen LogP contribution in [-0.4, -0.2) is 113 Å². The smallest absolute Gasteiger partial charge is 0.482 e. The van der Waals surface area contributed by atoms with Crippen LogP contribution in [0, 0.1) is 0 Å². The van der Waals surface area contributed by atoms with Gasteiger partial charge in [0.25, 0.3) is 23.6 Å². The molecule has 1 aliphatic heterocycles.